The largest absolute Gasteiger partial charge is 0.478 e. The Hall–Kier alpha value is -2.76. The van der Waals surface area contributed by atoms with Crippen LogP contribution in [0.25, 0.3) is 0 Å². The summed E-state index contributed by atoms with van der Waals surface area (Å²) in [6, 6.07) is 9.03. The Bertz CT molecular complexity index is 641. The number of anilines is 4. The van der Waals surface area contributed by atoms with Crippen molar-refractivity contribution >= 4 is 28.8 Å². The molecule has 20 heavy (non-hydrogen) atoms. The summed E-state index contributed by atoms with van der Waals surface area (Å²) in [5.41, 5.74) is 7.77. The van der Waals surface area contributed by atoms with Gasteiger partial charge in [-0.05, 0) is 24.3 Å². The highest BCUT2D eigenvalue weighted by Crippen LogP contribution is 2.25. The summed E-state index contributed by atoms with van der Waals surface area (Å²) in [4.78, 5) is 17.1. The Morgan fingerprint density at radius 2 is 2.10 bits per heavy atom. The zero-order valence-corrected chi connectivity index (χ0v) is 11.3. The summed E-state index contributed by atoms with van der Waals surface area (Å²) < 4.78 is 0. The monoisotopic (exact) mass is 272 g/mol. The van der Waals surface area contributed by atoms with Crippen molar-refractivity contribution in [2.24, 2.45) is 0 Å². The molecular weight excluding hydrogens is 256 g/mol. The summed E-state index contributed by atoms with van der Waals surface area (Å²) >= 11 is 0. The predicted molar refractivity (Wildman–Crippen MR) is 79.7 cm³/mol. The fraction of sp³-hybridized carbons (Fsp3) is 0.143. The van der Waals surface area contributed by atoms with Gasteiger partial charge in [0.2, 0.25) is 0 Å². The first-order chi connectivity index (χ1) is 9.49. The van der Waals surface area contributed by atoms with Crippen LogP contribution in [0.4, 0.5) is 22.9 Å². The molecule has 0 bridgehead atoms. The molecule has 0 radical (unpaired) electrons. The van der Waals surface area contributed by atoms with E-state index in [-0.39, 0.29) is 11.3 Å². The number of aromatic nitrogens is 1. The van der Waals surface area contributed by atoms with E-state index in [1.807, 2.05) is 43.3 Å². The molecule has 0 unspecified atom stereocenters. The fourth-order valence-corrected chi connectivity index (χ4v) is 1.76. The molecule has 0 aliphatic rings. The molecule has 0 atom stereocenters. The van der Waals surface area contributed by atoms with Crippen molar-refractivity contribution in [2.75, 3.05) is 30.0 Å². The van der Waals surface area contributed by atoms with Gasteiger partial charge in [0.25, 0.3) is 0 Å². The predicted octanol–water partition coefficient (Wildman–Crippen LogP) is 2.17. The van der Waals surface area contributed by atoms with Gasteiger partial charge in [-0.3, -0.25) is 0 Å². The zero-order valence-electron chi connectivity index (χ0n) is 11.3. The number of carbonyl (C=O) groups is 1. The maximum atomic E-state index is 11.0. The Morgan fingerprint density at radius 1 is 1.35 bits per heavy atom. The number of carboxylic acids is 1. The van der Waals surface area contributed by atoms with Gasteiger partial charge in [0.1, 0.15) is 0 Å². The quantitative estimate of drug-likeness (QED) is 0.790. The van der Waals surface area contributed by atoms with E-state index in [1.54, 1.807) is 0 Å². The van der Waals surface area contributed by atoms with E-state index in [2.05, 4.69) is 10.3 Å². The highest BCUT2D eigenvalue weighted by Gasteiger charge is 2.12. The third-order valence-electron chi connectivity index (χ3n) is 2.85. The van der Waals surface area contributed by atoms with Crippen LogP contribution in [0, 0.1) is 0 Å². The van der Waals surface area contributed by atoms with E-state index in [1.165, 1.54) is 12.3 Å². The third kappa shape index (κ3) is 2.80. The van der Waals surface area contributed by atoms with Gasteiger partial charge < -0.3 is 21.1 Å². The van der Waals surface area contributed by atoms with Crippen molar-refractivity contribution in [3.63, 3.8) is 0 Å². The summed E-state index contributed by atoms with van der Waals surface area (Å²) in [5, 5.41) is 12.1. The number of nitrogens with zero attached hydrogens (tertiary/aromatic N) is 2. The molecule has 0 amide bonds. The molecule has 0 saturated carbocycles. The molecule has 1 aromatic carbocycles. The zero-order chi connectivity index (χ0) is 14.7. The van der Waals surface area contributed by atoms with E-state index in [9.17, 15) is 4.79 Å². The number of nitrogens with two attached hydrogens (primary N) is 1. The first-order valence-electron chi connectivity index (χ1n) is 6.01. The van der Waals surface area contributed by atoms with Gasteiger partial charge in [0, 0.05) is 31.7 Å². The second-order valence-electron chi connectivity index (χ2n) is 4.50. The van der Waals surface area contributed by atoms with Gasteiger partial charge in [-0.15, -0.1) is 0 Å². The smallest absolute Gasteiger partial charge is 0.337 e. The van der Waals surface area contributed by atoms with Gasteiger partial charge in [-0.1, -0.05) is 6.07 Å². The molecule has 0 aliphatic carbocycles. The molecule has 6 heteroatoms. The number of nitrogens with one attached hydrogen (secondary N) is 1. The molecule has 1 heterocycles. The van der Waals surface area contributed by atoms with Gasteiger partial charge >= 0.3 is 5.97 Å². The van der Waals surface area contributed by atoms with Crippen molar-refractivity contribution in [3.05, 3.63) is 42.1 Å². The van der Waals surface area contributed by atoms with Crippen LogP contribution < -0.4 is 16.0 Å². The van der Waals surface area contributed by atoms with Crippen LogP contribution in [0.1, 0.15) is 10.4 Å². The number of hydrogen-bond acceptors (Lipinski definition) is 5. The third-order valence-corrected chi connectivity index (χ3v) is 2.85. The second-order valence-corrected chi connectivity index (χ2v) is 4.50. The van der Waals surface area contributed by atoms with E-state index in [0.717, 1.165) is 11.4 Å². The molecule has 0 aliphatic heterocycles. The Balaban J connectivity index is 2.33. The molecule has 2 aromatic rings. The molecule has 6 nitrogen and oxygen atoms in total. The van der Waals surface area contributed by atoms with Crippen LogP contribution in [0.15, 0.2) is 36.5 Å². The fourth-order valence-electron chi connectivity index (χ4n) is 1.76. The number of rotatable bonds is 4. The van der Waals surface area contributed by atoms with Crippen LogP contribution in [0.5, 0.6) is 0 Å². The standard InChI is InChI=1S/C14H16N4O2/c1-18(2)10-5-3-4-9(8-10)17-13-12(15)11(14(19)20)6-7-16-13/h3-8H,15H2,1-2H3,(H,16,17)(H,19,20). The number of hydrogen-bond donors (Lipinski definition) is 3. The maximum absolute atomic E-state index is 11.0. The average molecular weight is 272 g/mol. The molecule has 0 saturated heterocycles. The van der Waals surface area contributed by atoms with E-state index >= 15 is 0 Å². The number of benzene rings is 1. The number of aromatic carboxylic acids is 1. The molecule has 4 N–H and O–H groups in total. The molecule has 0 fully saturated rings. The van der Waals surface area contributed by atoms with E-state index in [0.29, 0.717) is 5.82 Å². The number of pyridine rings is 1. The highest BCUT2D eigenvalue weighted by molar-refractivity contribution is 5.96. The summed E-state index contributed by atoms with van der Waals surface area (Å²) in [7, 11) is 3.88. The van der Waals surface area contributed by atoms with Gasteiger partial charge in [-0.2, -0.15) is 0 Å². The maximum Gasteiger partial charge on any atom is 0.337 e. The van der Waals surface area contributed by atoms with Crippen LogP contribution >= 0.6 is 0 Å². The first kappa shape index (κ1) is 13.7. The molecule has 0 spiro atoms. The average Bonchev–Trinajstić information content (AvgIpc) is 2.41. The Kier molecular flexibility index (Phi) is 3.74. The van der Waals surface area contributed by atoms with Gasteiger partial charge in [0.05, 0.1) is 11.3 Å². The lowest BCUT2D eigenvalue weighted by atomic mass is 10.2. The van der Waals surface area contributed by atoms with Gasteiger partial charge in [0.15, 0.2) is 5.82 Å². The molecule has 1 aromatic heterocycles. The molecular formula is C14H16N4O2. The summed E-state index contributed by atoms with van der Waals surface area (Å²) in [5.74, 6) is -0.740. The minimum absolute atomic E-state index is 0.0336. The lowest BCUT2D eigenvalue weighted by molar-refractivity contribution is 0.0698. The van der Waals surface area contributed by atoms with E-state index < -0.39 is 5.97 Å². The van der Waals surface area contributed by atoms with Crippen molar-refractivity contribution < 1.29 is 9.90 Å². The SMILES string of the molecule is CN(C)c1cccc(Nc2nccc(C(=O)O)c2N)c1. The van der Waals surface area contributed by atoms with Gasteiger partial charge in [-0.25, -0.2) is 9.78 Å². The van der Waals surface area contributed by atoms with Crippen LogP contribution in [-0.4, -0.2) is 30.2 Å². The first-order valence-corrected chi connectivity index (χ1v) is 6.01. The normalized spacial score (nSPS) is 10.1. The molecule has 104 valence electrons. The minimum atomic E-state index is -1.07. The minimum Gasteiger partial charge on any atom is -0.478 e. The van der Waals surface area contributed by atoms with Crippen molar-refractivity contribution in [2.45, 2.75) is 0 Å². The lowest BCUT2D eigenvalue weighted by Crippen LogP contribution is -2.09. The van der Waals surface area contributed by atoms with Crippen molar-refractivity contribution in [1.29, 1.82) is 0 Å². The number of nitrogen functional groups attached to an aromatic ring is 1. The molecule has 2 rings (SSSR count). The Labute approximate surface area is 116 Å². The van der Waals surface area contributed by atoms with Crippen LogP contribution in [0.3, 0.4) is 0 Å². The lowest BCUT2D eigenvalue weighted by Gasteiger charge is -2.15. The van der Waals surface area contributed by atoms with Crippen LogP contribution in [-0.2, 0) is 0 Å². The van der Waals surface area contributed by atoms with Crippen molar-refractivity contribution in [3.8, 4) is 0 Å². The topological polar surface area (TPSA) is 91.5 Å². The highest BCUT2D eigenvalue weighted by atomic mass is 16.4. The van der Waals surface area contributed by atoms with Crippen molar-refractivity contribution in [1.82, 2.24) is 4.98 Å². The number of carboxylic acid groups (broad SMARTS) is 1. The summed E-state index contributed by atoms with van der Waals surface area (Å²) in [6.07, 6.45) is 1.41. The summed E-state index contributed by atoms with van der Waals surface area (Å²) in [6.45, 7) is 0. The Morgan fingerprint density at radius 3 is 2.75 bits per heavy atom. The van der Waals surface area contributed by atoms with E-state index in [4.69, 9.17) is 10.8 Å². The van der Waals surface area contributed by atoms with Crippen LogP contribution in [0.2, 0.25) is 0 Å². The second kappa shape index (κ2) is 5.48.